The van der Waals surface area contributed by atoms with E-state index in [0.717, 1.165) is 49.4 Å². The minimum Gasteiger partial charge on any atom is -0.359 e. The summed E-state index contributed by atoms with van der Waals surface area (Å²) in [5, 5.41) is 5.26. The van der Waals surface area contributed by atoms with Crippen LogP contribution >= 0.6 is 0 Å². The van der Waals surface area contributed by atoms with E-state index < -0.39 is 23.4 Å². The number of piperidine rings is 1. The second-order valence-corrected chi connectivity index (χ2v) is 7.22. The van der Waals surface area contributed by atoms with Crippen LogP contribution in [-0.2, 0) is 16.1 Å². The first-order valence-corrected chi connectivity index (χ1v) is 9.76. The molecule has 3 N–H and O–H groups in total. The summed E-state index contributed by atoms with van der Waals surface area (Å²) in [7, 11) is 0. The quantitative estimate of drug-likeness (QED) is 0.574. The zero-order chi connectivity index (χ0) is 21.1. The number of pyridine rings is 1. The number of H-pyrrole nitrogens is 1. The van der Waals surface area contributed by atoms with Gasteiger partial charge in [-0.25, -0.2) is 13.8 Å². The molecule has 30 heavy (non-hydrogen) atoms. The Balaban J connectivity index is 1.37. The average Bonchev–Trinajstić information content (AvgIpc) is 3.14. The first-order valence-electron chi connectivity index (χ1n) is 9.76. The SMILES string of the molecule is O=C(NCc1ccnc(N2CCCCC2)c1)C(=O)Nc1c[nH]c2cc(F)c(F)cc12. The molecule has 1 aliphatic heterocycles. The Morgan fingerprint density at radius 2 is 1.83 bits per heavy atom. The van der Waals surface area contributed by atoms with E-state index in [1.54, 1.807) is 12.3 Å². The predicted octanol–water partition coefficient (Wildman–Crippen LogP) is 3.09. The van der Waals surface area contributed by atoms with Crippen molar-refractivity contribution in [3.05, 3.63) is 53.9 Å². The number of carbonyl (C=O) groups is 2. The number of amides is 2. The highest BCUT2D eigenvalue weighted by Crippen LogP contribution is 2.25. The number of carbonyl (C=O) groups excluding carboxylic acids is 2. The number of aromatic amines is 1. The van der Waals surface area contributed by atoms with Crippen LogP contribution in [0.5, 0.6) is 0 Å². The molecule has 0 saturated carbocycles. The number of nitrogens with one attached hydrogen (secondary N) is 3. The van der Waals surface area contributed by atoms with Gasteiger partial charge in [-0.2, -0.15) is 0 Å². The van der Waals surface area contributed by atoms with Crippen LogP contribution in [0.25, 0.3) is 10.9 Å². The van der Waals surface area contributed by atoms with E-state index in [0.29, 0.717) is 5.52 Å². The van der Waals surface area contributed by atoms with Crippen LogP contribution in [0, 0.1) is 11.6 Å². The molecule has 3 aromatic rings. The van der Waals surface area contributed by atoms with Gasteiger partial charge in [0.15, 0.2) is 11.6 Å². The molecular formula is C21H21F2N5O2. The standard InChI is InChI=1S/C21H21F2N5O2/c22-15-9-14-17(10-16(15)23)25-12-18(14)27-21(30)20(29)26-11-13-4-5-24-19(8-13)28-6-2-1-3-7-28/h4-5,8-10,12,25H,1-3,6-7,11H2,(H,26,29)(H,27,30). The molecule has 0 unspecified atom stereocenters. The van der Waals surface area contributed by atoms with Crippen LogP contribution in [0.15, 0.2) is 36.7 Å². The average molecular weight is 413 g/mol. The smallest absolute Gasteiger partial charge is 0.313 e. The summed E-state index contributed by atoms with van der Waals surface area (Å²) in [4.78, 5) is 33.7. The normalized spacial score (nSPS) is 14.0. The third-order valence-corrected chi connectivity index (χ3v) is 5.12. The Bertz CT molecular complexity index is 1090. The van der Waals surface area contributed by atoms with Gasteiger partial charge in [0.1, 0.15) is 5.82 Å². The molecule has 2 amide bonds. The van der Waals surface area contributed by atoms with Crippen molar-refractivity contribution in [3.63, 3.8) is 0 Å². The number of aromatic nitrogens is 2. The van der Waals surface area contributed by atoms with E-state index in [4.69, 9.17) is 0 Å². The van der Waals surface area contributed by atoms with Crippen molar-refractivity contribution in [2.75, 3.05) is 23.3 Å². The number of hydrogen-bond acceptors (Lipinski definition) is 4. The molecule has 1 aliphatic rings. The van der Waals surface area contributed by atoms with Crippen molar-refractivity contribution in [1.82, 2.24) is 15.3 Å². The summed E-state index contributed by atoms with van der Waals surface area (Å²) in [6.07, 6.45) is 6.55. The number of benzene rings is 1. The van der Waals surface area contributed by atoms with Crippen LogP contribution in [0.3, 0.4) is 0 Å². The second-order valence-electron chi connectivity index (χ2n) is 7.22. The van der Waals surface area contributed by atoms with Gasteiger partial charge in [-0.1, -0.05) is 0 Å². The molecule has 0 aliphatic carbocycles. The Labute approximate surface area is 171 Å². The molecule has 0 spiro atoms. The van der Waals surface area contributed by atoms with Gasteiger partial charge in [-0.3, -0.25) is 9.59 Å². The molecule has 1 saturated heterocycles. The van der Waals surface area contributed by atoms with Gasteiger partial charge in [0.05, 0.1) is 11.2 Å². The monoisotopic (exact) mass is 413 g/mol. The highest BCUT2D eigenvalue weighted by Gasteiger charge is 2.17. The van der Waals surface area contributed by atoms with E-state index in [9.17, 15) is 18.4 Å². The fraction of sp³-hybridized carbons (Fsp3) is 0.286. The third kappa shape index (κ3) is 4.24. The van der Waals surface area contributed by atoms with E-state index in [1.165, 1.54) is 12.6 Å². The lowest BCUT2D eigenvalue weighted by atomic mass is 10.1. The van der Waals surface area contributed by atoms with E-state index in [1.807, 2.05) is 6.07 Å². The molecule has 7 nitrogen and oxygen atoms in total. The summed E-state index contributed by atoms with van der Waals surface area (Å²) >= 11 is 0. The van der Waals surface area contributed by atoms with Gasteiger partial charge in [0.2, 0.25) is 0 Å². The first-order chi connectivity index (χ1) is 14.5. The number of hydrogen-bond donors (Lipinski definition) is 3. The summed E-state index contributed by atoms with van der Waals surface area (Å²) in [6.45, 7) is 2.09. The number of rotatable bonds is 4. The fourth-order valence-electron chi connectivity index (χ4n) is 3.53. The van der Waals surface area contributed by atoms with Crippen molar-refractivity contribution in [1.29, 1.82) is 0 Å². The second kappa shape index (κ2) is 8.48. The number of anilines is 2. The maximum absolute atomic E-state index is 13.5. The molecule has 9 heteroatoms. The molecule has 2 aromatic heterocycles. The van der Waals surface area contributed by atoms with Crippen molar-refractivity contribution in [3.8, 4) is 0 Å². The maximum atomic E-state index is 13.5. The van der Waals surface area contributed by atoms with Crippen molar-refractivity contribution >= 4 is 34.2 Å². The Hall–Kier alpha value is -3.49. The fourth-order valence-corrected chi connectivity index (χ4v) is 3.53. The molecule has 0 atom stereocenters. The Morgan fingerprint density at radius 1 is 1.07 bits per heavy atom. The maximum Gasteiger partial charge on any atom is 0.313 e. The van der Waals surface area contributed by atoms with Gasteiger partial charge in [-0.15, -0.1) is 0 Å². The van der Waals surface area contributed by atoms with Crippen molar-refractivity contribution < 1.29 is 18.4 Å². The van der Waals surface area contributed by atoms with E-state index in [2.05, 4.69) is 25.5 Å². The van der Waals surface area contributed by atoms with Gasteiger partial charge in [-0.05, 0) is 43.0 Å². The molecule has 156 valence electrons. The number of halogens is 2. The topological polar surface area (TPSA) is 90.1 Å². The van der Waals surface area contributed by atoms with Gasteiger partial charge < -0.3 is 20.5 Å². The van der Waals surface area contributed by atoms with Crippen LogP contribution < -0.4 is 15.5 Å². The van der Waals surface area contributed by atoms with Crippen LogP contribution in [0.2, 0.25) is 0 Å². The van der Waals surface area contributed by atoms with E-state index >= 15 is 0 Å². The number of nitrogens with zero attached hydrogens (tertiary/aromatic N) is 2. The Kier molecular flexibility index (Phi) is 5.60. The molecule has 0 bridgehead atoms. The summed E-state index contributed by atoms with van der Waals surface area (Å²) in [6, 6.07) is 5.64. The summed E-state index contributed by atoms with van der Waals surface area (Å²) in [5.74, 6) is -2.90. The number of fused-ring (bicyclic) bond motifs is 1. The predicted molar refractivity (Wildman–Crippen MR) is 109 cm³/mol. The van der Waals surface area contributed by atoms with Crippen LogP contribution in [0.1, 0.15) is 24.8 Å². The molecule has 0 radical (unpaired) electrons. The van der Waals surface area contributed by atoms with Crippen molar-refractivity contribution in [2.24, 2.45) is 0 Å². The van der Waals surface area contributed by atoms with Crippen LogP contribution in [-0.4, -0.2) is 34.9 Å². The van der Waals surface area contributed by atoms with Gasteiger partial charge in [0.25, 0.3) is 0 Å². The third-order valence-electron chi connectivity index (χ3n) is 5.12. The lowest BCUT2D eigenvalue weighted by molar-refractivity contribution is -0.136. The zero-order valence-corrected chi connectivity index (χ0v) is 16.2. The molecule has 1 aromatic carbocycles. The summed E-state index contributed by atoms with van der Waals surface area (Å²) in [5.41, 5.74) is 1.34. The summed E-state index contributed by atoms with van der Waals surface area (Å²) < 4.78 is 26.8. The molecule has 3 heterocycles. The van der Waals surface area contributed by atoms with Gasteiger partial charge >= 0.3 is 11.8 Å². The minimum atomic E-state index is -1.04. The largest absolute Gasteiger partial charge is 0.359 e. The molecule has 1 fully saturated rings. The van der Waals surface area contributed by atoms with Gasteiger partial charge in [0, 0.05) is 43.5 Å². The van der Waals surface area contributed by atoms with Crippen LogP contribution in [0.4, 0.5) is 20.3 Å². The lowest BCUT2D eigenvalue weighted by Gasteiger charge is -2.27. The van der Waals surface area contributed by atoms with E-state index in [-0.39, 0.29) is 17.6 Å². The zero-order valence-electron chi connectivity index (χ0n) is 16.2. The minimum absolute atomic E-state index is 0.170. The first kappa shape index (κ1) is 19.8. The Morgan fingerprint density at radius 3 is 2.63 bits per heavy atom. The molecular weight excluding hydrogens is 392 g/mol. The molecule has 4 rings (SSSR count). The van der Waals surface area contributed by atoms with Crippen molar-refractivity contribution in [2.45, 2.75) is 25.8 Å². The lowest BCUT2D eigenvalue weighted by Crippen LogP contribution is -2.35. The highest BCUT2D eigenvalue weighted by atomic mass is 19.2. The highest BCUT2D eigenvalue weighted by molar-refractivity contribution is 6.40.